The summed E-state index contributed by atoms with van der Waals surface area (Å²) in [6.07, 6.45) is 0. The monoisotopic (exact) mass is 286 g/mol. The smallest absolute Gasteiger partial charge is 0.335 e. The number of benzene rings is 1. The minimum atomic E-state index is -1.41. The summed E-state index contributed by atoms with van der Waals surface area (Å²) >= 11 is 5.91. The Labute approximate surface area is 112 Å². The first-order chi connectivity index (χ1) is 8.82. The van der Waals surface area contributed by atoms with Crippen molar-refractivity contribution in [2.24, 2.45) is 0 Å². The molecule has 0 aliphatic rings. The number of hydrogen-bond acceptors (Lipinski definition) is 2. The average molecular weight is 287 g/mol. The van der Waals surface area contributed by atoms with Gasteiger partial charge in [0.15, 0.2) is 11.6 Å². The van der Waals surface area contributed by atoms with Crippen molar-refractivity contribution in [3.8, 4) is 5.69 Å². The fraction of sp³-hybridized carbons (Fsp3) is 0.167. The lowest BCUT2D eigenvalue weighted by molar-refractivity contribution is 0.0695. The Balaban J connectivity index is 2.69. The maximum absolute atomic E-state index is 13.9. The highest BCUT2D eigenvalue weighted by Gasteiger charge is 2.20. The van der Waals surface area contributed by atoms with Crippen LogP contribution in [0.2, 0.25) is 5.02 Å². The van der Waals surface area contributed by atoms with Crippen molar-refractivity contribution >= 4 is 17.6 Å². The predicted molar refractivity (Wildman–Crippen MR) is 64.9 cm³/mol. The Morgan fingerprint density at radius 2 is 1.84 bits per heavy atom. The van der Waals surface area contributed by atoms with Crippen molar-refractivity contribution in [2.45, 2.75) is 13.8 Å². The van der Waals surface area contributed by atoms with Crippen molar-refractivity contribution in [3.63, 3.8) is 0 Å². The number of halogens is 3. The van der Waals surface area contributed by atoms with Crippen LogP contribution in [0.5, 0.6) is 0 Å². The molecule has 0 saturated carbocycles. The Bertz CT molecular complexity index is 660. The fourth-order valence-corrected chi connectivity index (χ4v) is 1.85. The van der Waals surface area contributed by atoms with Crippen molar-refractivity contribution < 1.29 is 18.7 Å². The highest BCUT2D eigenvalue weighted by atomic mass is 35.5. The third-order valence-electron chi connectivity index (χ3n) is 2.68. The molecule has 19 heavy (non-hydrogen) atoms. The van der Waals surface area contributed by atoms with Gasteiger partial charge in [-0.25, -0.2) is 18.3 Å². The van der Waals surface area contributed by atoms with Gasteiger partial charge >= 0.3 is 5.97 Å². The van der Waals surface area contributed by atoms with Crippen LogP contribution >= 0.6 is 11.6 Å². The van der Waals surface area contributed by atoms with E-state index in [1.807, 2.05) is 0 Å². The molecule has 0 fully saturated rings. The summed E-state index contributed by atoms with van der Waals surface area (Å²) in [7, 11) is 0. The highest BCUT2D eigenvalue weighted by Crippen LogP contribution is 2.26. The van der Waals surface area contributed by atoms with Gasteiger partial charge in [-0.15, -0.1) is 0 Å². The summed E-state index contributed by atoms with van der Waals surface area (Å²) < 4.78 is 28.8. The summed E-state index contributed by atoms with van der Waals surface area (Å²) in [4.78, 5) is 10.7. The van der Waals surface area contributed by atoms with Crippen molar-refractivity contribution in [1.82, 2.24) is 9.78 Å². The highest BCUT2D eigenvalue weighted by molar-refractivity contribution is 6.31. The molecule has 0 spiro atoms. The second kappa shape index (κ2) is 4.62. The van der Waals surface area contributed by atoms with E-state index in [9.17, 15) is 13.6 Å². The summed E-state index contributed by atoms with van der Waals surface area (Å²) in [5.74, 6) is -3.44. The van der Waals surface area contributed by atoms with Crippen molar-refractivity contribution in [3.05, 3.63) is 45.7 Å². The normalized spacial score (nSPS) is 10.8. The minimum Gasteiger partial charge on any atom is -0.478 e. The topological polar surface area (TPSA) is 55.1 Å². The Hall–Kier alpha value is -1.95. The van der Waals surface area contributed by atoms with Gasteiger partial charge in [0.25, 0.3) is 0 Å². The first kappa shape index (κ1) is 13.5. The number of aryl methyl sites for hydroxylation is 1. The van der Waals surface area contributed by atoms with E-state index in [4.69, 9.17) is 16.7 Å². The van der Waals surface area contributed by atoms with E-state index < -0.39 is 28.9 Å². The maximum atomic E-state index is 13.9. The minimum absolute atomic E-state index is 0.307. The van der Waals surface area contributed by atoms with Gasteiger partial charge in [-0.1, -0.05) is 11.6 Å². The SMILES string of the molecule is Cc1nn(-c2c(F)cc(C(=O)O)cc2F)c(C)c1Cl. The molecule has 0 amide bonds. The molecule has 0 aliphatic heterocycles. The lowest BCUT2D eigenvalue weighted by atomic mass is 10.2. The van der Waals surface area contributed by atoms with Crippen LogP contribution in [0.15, 0.2) is 12.1 Å². The van der Waals surface area contributed by atoms with Crippen LogP contribution in [0, 0.1) is 25.5 Å². The zero-order chi connectivity index (χ0) is 14.3. The van der Waals surface area contributed by atoms with Crippen LogP contribution in [0.4, 0.5) is 8.78 Å². The Morgan fingerprint density at radius 3 is 2.21 bits per heavy atom. The third kappa shape index (κ3) is 2.19. The van der Waals surface area contributed by atoms with Gasteiger partial charge < -0.3 is 5.11 Å². The van der Waals surface area contributed by atoms with Crippen molar-refractivity contribution in [1.29, 1.82) is 0 Å². The molecule has 0 unspecified atom stereocenters. The number of hydrogen-bond donors (Lipinski definition) is 1. The number of carboxylic acids is 1. The lowest BCUT2D eigenvalue weighted by Crippen LogP contribution is -2.08. The number of nitrogens with zero attached hydrogens (tertiary/aromatic N) is 2. The van der Waals surface area contributed by atoms with Crippen LogP contribution in [0.1, 0.15) is 21.7 Å². The van der Waals surface area contributed by atoms with E-state index >= 15 is 0 Å². The van der Waals surface area contributed by atoms with Crippen molar-refractivity contribution in [2.75, 3.05) is 0 Å². The summed E-state index contributed by atoms with van der Waals surface area (Å²) in [5.41, 5.74) is -0.107. The number of rotatable bonds is 2. The largest absolute Gasteiger partial charge is 0.478 e. The molecule has 2 rings (SSSR count). The third-order valence-corrected chi connectivity index (χ3v) is 3.23. The maximum Gasteiger partial charge on any atom is 0.335 e. The molecule has 1 heterocycles. The first-order valence-corrected chi connectivity index (χ1v) is 5.65. The van der Waals surface area contributed by atoms with Gasteiger partial charge in [0.05, 0.1) is 22.0 Å². The lowest BCUT2D eigenvalue weighted by Gasteiger charge is -2.08. The van der Waals surface area contributed by atoms with E-state index in [1.54, 1.807) is 13.8 Å². The quantitative estimate of drug-likeness (QED) is 0.923. The number of carbonyl (C=O) groups is 1. The summed E-state index contributed by atoms with van der Waals surface area (Å²) in [5, 5.41) is 13.0. The van der Waals surface area contributed by atoms with Gasteiger partial charge in [-0.05, 0) is 26.0 Å². The van der Waals surface area contributed by atoms with Crippen LogP contribution in [0.25, 0.3) is 5.69 Å². The van der Waals surface area contributed by atoms with Crippen LogP contribution < -0.4 is 0 Å². The van der Waals surface area contributed by atoms with Gasteiger partial charge in [-0.3, -0.25) is 0 Å². The number of carboxylic acid groups (broad SMARTS) is 1. The van der Waals surface area contributed by atoms with E-state index in [1.165, 1.54) is 0 Å². The zero-order valence-electron chi connectivity index (χ0n) is 10.0. The molecule has 0 radical (unpaired) electrons. The molecule has 1 aromatic carbocycles. The molecular formula is C12H9ClF2N2O2. The molecule has 2 aromatic rings. The first-order valence-electron chi connectivity index (χ1n) is 5.27. The molecular weight excluding hydrogens is 278 g/mol. The summed E-state index contributed by atoms with van der Waals surface area (Å²) in [6, 6.07) is 1.48. The predicted octanol–water partition coefficient (Wildman–Crippen LogP) is 3.12. The average Bonchev–Trinajstić information content (AvgIpc) is 2.56. The molecule has 0 saturated heterocycles. The Kier molecular flexibility index (Phi) is 3.28. The van der Waals surface area contributed by atoms with Gasteiger partial charge in [0.2, 0.25) is 0 Å². The Morgan fingerprint density at radius 1 is 1.32 bits per heavy atom. The number of aromatic nitrogens is 2. The van der Waals surface area contributed by atoms with Crippen LogP contribution in [-0.4, -0.2) is 20.9 Å². The molecule has 4 nitrogen and oxygen atoms in total. The van der Waals surface area contributed by atoms with E-state index in [0.717, 1.165) is 16.8 Å². The zero-order valence-corrected chi connectivity index (χ0v) is 10.8. The summed E-state index contributed by atoms with van der Waals surface area (Å²) in [6.45, 7) is 3.17. The fourth-order valence-electron chi connectivity index (χ4n) is 1.73. The number of aromatic carboxylic acids is 1. The molecule has 0 atom stereocenters. The van der Waals surface area contributed by atoms with Gasteiger partial charge in [-0.2, -0.15) is 5.10 Å². The van der Waals surface area contributed by atoms with E-state index in [2.05, 4.69) is 5.10 Å². The van der Waals surface area contributed by atoms with E-state index in [-0.39, 0.29) is 0 Å². The van der Waals surface area contributed by atoms with Gasteiger partial charge in [0, 0.05) is 0 Å². The molecule has 100 valence electrons. The molecule has 1 aromatic heterocycles. The molecule has 7 heteroatoms. The standard InChI is InChI=1S/C12H9ClF2N2O2/c1-5-10(13)6(2)17(16-5)11-8(14)3-7(12(18)19)4-9(11)15/h3-4H,1-2H3,(H,18,19). The van der Waals surface area contributed by atoms with Crippen LogP contribution in [-0.2, 0) is 0 Å². The molecule has 0 bridgehead atoms. The van der Waals surface area contributed by atoms with Gasteiger partial charge in [0.1, 0.15) is 5.69 Å². The second-order valence-corrected chi connectivity index (χ2v) is 4.37. The van der Waals surface area contributed by atoms with Crippen LogP contribution in [0.3, 0.4) is 0 Å². The second-order valence-electron chi connectivity index (χ2n) is 3.99. The van der Waals surface area contributed by atoms with E-state index in [0.29, 0.717) is 16.4 Å². The molecule has 0 aliphatic carbocycles. The molecule has 1 N–H and O–H groups in total.